The Morgan fingerprint density at radius 1 is 1.33 bits per heavy atom. The van der Waals surface area contributed by atoms with Crippen molar-refractivity contribution in [1.29, 1.82) is 0 Å². The van der Waals surface area contributed by atoms with Gasteiger partial charge in [-0.25, -0.2) is 0 Å². The van der Waals surface area contributed by atoms with Gasteiger partial charge in [0.2, 0.25) is 0 Å². The van der Waals surface area contributed by atoms with Gasteiger partial charge in [-0.05, 0) is 31.7 Å². The minimum absolute atomic E-state index is 0.612. The lowest BCUT2D eigenvalue weighted by Gasteiger charge is -2.21. The van der Waals surface area contributed by atoms with Crippen molar-refractivity contribution in [2.45, 2.75) is 30.9 Å². The molecule has 4 heteroatoms. The summed E-state index contributed by atoms with van der Waals surface area (Å²) in [7, 11) is 0. The first-order valence-electron chi connectivity index (χ1n) is 5.71. The Morgan fingerprint density at radius 3 is 3.07 bits per heavy atom. The second-order valence-electron chi connectivity index (χ2n) is 4.30. The average molecular weight is 224 g/mol. The molecule has 1 N–H and O–H groups in total. The Bertz CT molecular complexity index is 344. The molecular formula is C11H16N2OS. The molecule has 2 aliphatic heterocycles. The van der Waals surface area contributed by atoms with Crippen LogP contribution in [0, 0.1) is 0 Å². The van der Waals surface area contributed by atoms with Gasteiger partial charge in [-0.2, -0.15) is 11.8 Å². The van der Waals surface area contributed by atoms with Crippen LogP contribution in [0.4, 0.5) is 0 Å². The van der Waals surface area contributed by atoms with Gasteiger partial charge in [0.25, 0.3) is 0 Å². The molecule has 0 unspecified atom stereocenters. The van der Waals surface area contributed by atoms with Crippen LogP contribution in [0.25, 0.3) is 0 Å². The van der Waals surface area contributed by atoms with E-state index in [4.69, 9.17) is 4.52 Å². The standard InChI is InChI=1S/C11H16N2OS/c1-4-12-5-2-8(1)11-9-7-15-6-3-10(9)13-14-11/h8,12H,1-7H2. The predicted molar refractivity (Wildman–Crippen MR) is 61.2 cm³/mol. The van der Waals surface area contributed by atoms with Crippen LogP contribution in [-0.4, -0.2) is 24.0 Å². The summed E-state index contributed by atoms with van der Waals surface area (Å²) in [6, 6.07) is 0. The maximum atomic E-state index is 5.57. The third-order valence-electron chi connectivity index (χ3n) is 3.34. The lowest BCUT2D eigenvalue weighted by atomic mass is 9.92. The number of piperidine rings is 1. The predicted octanol–water partition coefficient (Wildman–Crippen LogP) is 1.93. The molecule has 1 fully saturated rings. The minimum Gasteiger partial charge on any atom is -0.361 e. The maximum absolute atomic E-state index is 5.57. The van der Waals surface area contributed by atoms with E-state index in [9.17, 15) is 0 Å². The molecule has 0 radical (unpaired) electrons. The third-order valence-corrected chi connectivity index (χ3v) is 4.33. The van der Waals surface area contributed by atoms with Crippen molar-refractivity contribution in [3.8, 4) is 0 Å². The number of rotatable bonds is 1. The zero-order valence-electron chi connectivity index (χ0n) is 8.79. The summed E-state index contributed by atoms with van der Waals surface area (Å²) >= 11 is 2.00. The van der Waals surface area contributed by atoms with Crippen LogP contribution in [0.2, 0.25) is 0 Å². The van der Waals surface area contributed by atoms with Gasteiger partial charge in [0.1, 0.15) is 5.76 Å². The Labute approximate surface area is 94.0 Å². The first kappa shape index (κ1) is 9.73. The molecule has 1 aromatic heterocycles. The van der Waals surface area contributed by atoms with Crippen molar-refractivity contribution in [2.75, 3.05) is 18.8 Å². The van der Waals surface area contributed by atoms with Gasteiger partial charge < -0.3 is 9.84 Å². The zero-order valence-corrected chi connectivity index (χ0v) is 9.61. The maximum Gasteiger partial charge on any atom is 0.144 e. The highest BCUT2D eigenvalue weighted by atomic mass is 32.2. The fourth-order valence-electron chi connectivity index (χ4n) is 2.46. The number of thioether (sulfide) groups is 1. The highest BCUT2D eigenvalue weighted by molar-refractivity contribution is 7.98. The molecule has 2 aliphatic rings. The summed E-state index contributed by atoms with van der Waals surface area (Å²) in [5.74, 6) is 4.11. The van der Waals surface area contributed by atoms with Crippen LogP contribution in [0.3, 0.4) is 0 Å². The van der Waals surface area contributed by atoms with Crippen molar-refractivity contribution in [2.24, 2.45) is 0 Å². The van der Waals surface area contributed by atoms with Crippen molar-refractivity contribution >= 4 is 11.8 Å². The number of hydrogen-bond donors (Lipinski definition) is 1. The van der Waals surface area contributed by atoms with Gasteiger partial charge in [0.15, 0.2) is 0 Å². The van der Waals surface area contributed by atoms with E-state index in [0.717, 1.165) is 25.3 Å². The van der Waals surface area contributed by atoms with Crippen LogP contribution < -0.4 is 5.32 Å². The molecule has 0 spiro atoms. The number of nitrogens with one attached hydrogen (secondary N) is 1. The summed E-state index contributed by atoms with van der Waals surface area (Å²) in [6.07, 6.45) is 3.49. The molecule has 0 atom stereocenters. The summed E-state index contributed by atoms with van der Waals surface area (Å²) < 4.78 is 5.57. The van der Waals surface area contributed by atoms with Crippen LogP contribution >= 0.6 is 11.8 Å². The first-order valence-corrected chi connectivity index (χ1v) is 6.86. The molecule has 3 rings (SSSR count). The molecule has 0 aromatic carbocycles. The van der Waals surface area contributed by atoms with Crippen LogP contribution in [-0.2, 0) is 12.2 Å². The van der Waals surface area contributed by atoms with Gasteiger partial charge in [-0.1, -0.05) is 5.16 Å². The highest BCUT2D eigenvalue weighted by Crippen LogP contribution is 2.34. The van der Waals surface area contributed by atoms with Crippen molar-refractivity contribution in [1.82, 2.24) is 10.5 Å². The van der Waals surface area contributed by atoms with Gasteiger partial charge in [0.05, 0.1) is 5.69 Å². The fraction of sp³-hybridized carbons (Fsp3) is 0.727. The summed E-state index contributed by atoms with van der Waals surface area (Å²) in [5.41, 5.74) is 2.64. The fourth-order valence-corrected chi connectivity index (χ4v) is 3.45. The van der Waals surface area contributed by atoms with E-state index in [2.05, 4.69) is 10.5 Å². The van der Waals surface area contributed by atoms with Crippen LogP contribution in [0.5, 0.6) is 0 Å². The molecule has 3 heterocycles. The number of fused-ring (bicyclic) bond motifs is 1. The topological polar surface area (TPSA) is 38.1 Å². The molecule has 1 aromatic rings. The lowest BCUT2D eigenvalue weighted by molar-refractivity contribution is 0.324. The van der Waals surface area contributed by atoms with Gasteiger partial charge >= 0.3 is 0 Å². The van der Waals surface area contributed by atoms with E-state index in [1.807, 2.05) is 11.8 Å². The van der Waals surface area contributed by atoms with E-state index in [1.54, 1.807) is 0 Å². The monoisotopic (exact) mass is 224 g/mol. The summed E-state index contributed by atoms with van der Waals surface area (Å²) in [6.45, 7) is 2.24. The second-order valence-corrected chi connectivity index (χ2v) is 5.40. The van der Waals surface area contributed by atoms with E-state index in [-0.39, 0.29) is 0 Å². The van der Waals surface area contributed by atoms with Gasteiger partial charge in [-0.15, -0.1) is 0 Å². The summed E-state index contributed by atoms with van der Waals surface area (Å²) in [5, 5.41) is 7.61. The van der Waals surface area contributed by atoms with Gasteiger partial charge in [0, 0.05) is 23.7 Å². The number of hydrogen-bond acceptors (Lipinski definition) is 4. The Morgan fingerprint density at radius 2 is 2.20 bits per heavy atom. The molecule has 3 nitrogen and oxygen atoms in total. The van der Waals surface area contributed by atoms with E-state index in [0.29, 0.717) is 5.92 Å². The molecular weight excluding hydrogens is 208 g/mol. The Balaban J connectivity index is 1.87. The molecule has 0 bridgehead atoms. The van der Waals surface area contributed by atoms with Crippen molar-refractivity contribution < 1.29 is 4.52 Å². The highest BCUT2D eigenvalue weighted by Gasteiger charge is 2.26. The largest absolute Gasteiger partial charge is 0.361 e. The smallest absolute Gasteiger partial charge is 0.144 e. The third kappa shape index (κ3) is 1.81. The van der Waals surface area contributed by atoms with Gasteiger partial charge in [-0.3, -0.25) is 0 Å². The van der Waals surface area contributed by atoms with Crippen molar-refractivity contribution in [3.63, 3.8) is 0 Å². The molecule has 0 amide bonds. The molecule has 15 heavy (non-hydrogen) atoms. The van der Waals surface area contributed by atoms with E-state index < -0.39 is 0 Å². The number of aryl methyl sites for hydroxylation is 1. The SMILES string of the molecule is C1CC(c2onc3c2CSCC3)CCN1. The normalized spacial score (nSPS) is 22.7. The molecule has 0 saturated carbocycles. The summed E-state index contributed by atoms with van der Waals surface area (Å²) in [4.78, 5) is 0. The van der Waals surface area contributed by atoms with E-state index >= 15 is 0 Å². The number of nitrogens with zero attached hydrogens (tertiary/aromatic N) is 1. The van der Waals surface area contributed by atoms with E-state index in [1.165, 1.54) is 35.6 Å². The molecule has 82 valence electrons. The van der Waals surface area contributed by atoms with Crippen LogP contribution in [0.15, 0.2) is 4.52 Å². The molecule has 1 saturated heterocycles. The average Bonchev–Trinajstić information content (AvgIpc) is 2.74. The second kappa shape index (κ2) is 4.18. The van der Waals surface area contributed by atoms with Crippen molar-refractivity contribution in [3.05, 3.63) is 17.0 Å². The van der Waals surface area contributed by atoms with Crippen LogP contribution in [0.1, 0.15) is 35.8 Å². The zero-order chi connectivity index (χ0) is 10.1. The molecule has 0 aliphatic carbocycles. The Kier molecular flexibility index (Phi) is 2.71. The minimum atomic E-state index is 0.612. The number of aromatic nitrogens is 1. The lowest BCUT2D eigenvalue weighted by Crippen LogP contribution is -2.26. The quantitative estimate of drug-likeness (QED) is 0.791. The Hall–Kier alpha value is -0.480. The first-order chi connectivity index (χ1) is 7.45.